The van der Waals surface area contributed by atoms with Gasteiger partial charge in [-0.3, -0.25) is 14.2 Å². The van der Waals surface area contributed by atoms with Gasteiger partial charge in [-0.05, 0) is 49.1 Å². The Morgan fingerprint density at radius 2 is 2.07 bits per heavy atom. The second kappa shape index (κ2) is 6.55. The van der Waals surface area contributed by atoms with Crippen molar-refractivity contribution in [2.24, 2.45) is 17.4 Å². The first kappa shape index (κ1) is 17.8. The van der Waals surface area contributed by atoms with Crippen molar-refractivity contribution in [1.29, 1.82) is 5.26 Å². The summed E-state index contributed by atoms with van der Waals surface area (Å²) < 4.78 is 15.2. The van der Waals surface area contributed by atoms with Crippen LogP contribution < -0.4 is 17.0 Å². The zero-order valence-corrected chi connectivity index (χ0v) is 14.7. The summed E-state index contributed by atoms with van der Waals surface area (Å²) in [6.45, 7) is 0. The molecule has 0 bridgehead atoms. The maximum absolute atomic E-state index is 14.0. The largest absolute Gasteiger partial charge is 0.366 e. The van der Waals surface area contributed by atoms with Crippen molar-refractivity contribution in [3.63, 3.8) is 0 Å². The lowest BCUT2D eigenvalue weighted by molar-refractivity contribution is 0.1000. The first-order valence-corrected chi connectivity index (χ1v) is 8.73. The number of benzene rings is 2. The highest BCUT2D eigenvalue weighted by Crippen LogP contribution is 2.39. The highest BCUT2D eigenvalue weighted by Gasteiger charge is 2.33. The normalized spacial score (nSPS) is 14.6. The number of carbonyl (C=O) groups is 1. The molecule has 140 valence electrons. The van der Waals surface area contributed by atoms with Crippen LogP contribution in [0.5, 0.6) is 0 Å². The lowest BCUT2D eigenvalue weighted by atomic mass is 10.1. The molecule has 1 aliphatic rings. The number of nitriles is 1. The molecule has 0 saturated heterocycles. The molecule has 1 fully saturated rings. The number of fused-ring (bicyclic) bond motifs is 1. The summed E-state index contributed by atoms with van der Waals surface area (Å²) in [6, 6.07) is 9.63. The molecule has 1 aromatic heterocycles. The van der Waals surface area contributed by atoms with Crippen molar-refractivity contribution in [2.75, 3.05) is 0 Å². The van der Waals surface area contributed by atoms with Crippen LogP contribution in [0.1, 0.15) is 40.6 Å². The van der Waals surface area contributed by atoms with Gasteiger partial charge >= 0.3 is 0 Å². The number of amides is 1. The minimum atomic E-state index is -0.709. The fraction of sp³-hybridized carbons (Fsp3) is 0.200. The minimum absolute atomic E-state index is 0.0330. The highest BCUT2D eigenvalue weighted by atomic mass is 19.1. The van der Waals surface area contributed by atoms with Crippen molar-refractivity contribution in [1.82, 2.24) is 9.55 Å². The molecule has 4 N–H and O–H groups in total. The molecule has 2 aromatic carbocycles. The van der Waals surface area contributed by atoms with Gasteiger partial charge < -0.3 is 11.5 Å². The Balaban J connectivity index is 2.09. The Hall–Kier alpha value is -3.57. The molecule has 3 aromatic rings. The molecular weight excluding hydrogens is 361 g/mol. The zero-order valence-electron chi connectivity index (χ0n) is 14.7. The number of hydrogen-bond acceptors (Lipinski definition) is 5. The smallest absolute Gasteiger partial charge is 0.266 e. The van der Waals surface area contributed by atoms with Gasteiger partial charge in [0.15, 0.2) is 0 Å². The number of aromatic nitrogens is 2. The number of nitrogens with zero attached hydrogens (tertiary/aromatic N) is 3. The predicted molar refractivity (Wildman–Crippen MR) is 100 cm³/mol. The van der Waals surface area contributed by atoms with Crippen molar-refractivity contribution in [2.45, 2.75) is 18.9 Å². The molecule has 1 amide bonds. The van der Waals surface area contributed by atoms with Crippen molar-refractivity contribution in [3.05, 3.63) is 69.5 Å². The Labute approximate surface area is 159 Å². The predicted octanol–water partition coefficient (Wildman–Crippen LogP) is 1.91. The van der Waals surface area contributed by atoms with Crippen LogP contribution in [0.4, 0.5) is 4.39 Å². The summed E-state index contributed by atoms with van der Waals surface area (Å²) in [5, 5.41) is 9.30. The van der Waals surface area contributed by atoms with Gasteiger partial charge in [0.1, 0.15) is 17.7 Å². The van der Waals surface area contributed by atoms with Gasteiger partial charge in [0.05, 0.1) is 28.2 Å². The maximum atomic E-state index is 14.0. The second-order valence-electron chi connectivity index (χ2n) is 6.85. The van der Waals surface area contributed by atoms with Crippen molar-refractivity contribution in [3.8, 4) is 11.8 Å². The number of rotatable bonds is 4. The van der Waals surface area contributed by atoms with Crippen LogP contribution in [-0.4, -0.2) is 15.5 Å². The minimum Gasteiger partial charge on any atom is -0.366 e. The van der Waals surface area contributed by atoms with E-state index in [1.165, 1.54) is 16.7 Å². The fourth-order valence-electron chi connectivity index (χ4n) is 3.29. The third-order valence-corrected chi connectivity index (χ3v) is 4.90. The number of hydrogen-bond donors (Lipinski definition) is 2. The monoisotopic (exact) mass is 377 g/mol. The molecule has 4 rings (SSSR count). The first-order valence-electron chi connectivity index (χ1n) is 8.73. The van der Waals surface area contributed by atoms with Crippen molar-refractivity contribution >= 4 is 16.8 Å². The molecule has 1 aliphatic carbocycles. The van der Waals surface area contributed by atoms with Gasteiger partial charge in [-0.25, -0.2) is 9.37 Å². The van der Waals surface area contributed by atoms with E-state index < -0.39 is 23.3 Å². The van der Waals surface area contributed by atoms with E-state index >= 15 is 0 Å². The van der Waals surface area contributed by atoms with Crippen LogP contribution in [0, 0.1) is 23.1 Å². The fourth-order valence-corrected chi connectivity index (χ4v) is 3.29. The van der Waals surface area contributed by atoms with Gasteiger partial charge in [0, 0.05) is 5.56 Å². The quantitative estimate of drug-likeness (QED) is 0.718. The van der Waals surface area contributed by atoms with Crippen LogP contribution >= 0.6 is 0 Å². The van der Waals surface area contributed by atoms with Crippen LogP contribution in [0.2, 0.25) is 0 Å². The number of carbonyl (C=O) groups excluding carboxylic acids is 1. The van der Waals surface area contributed by atoms with Crippen LogP contribution in [0.3, 0.4) is 0 Å². The van der Waals surface area contributed by atoms with E-state index in [0.29, 0.717) is 5.69 Å². The van der Waals surface area contributed by atoms with Gasteiger partial charge in [-0.15, -0.1) is 0 Å². The van der Waals surface area contributed by atoms with E-state index in [9.17, 15) is 19.2 Å². The van der Waals surface area contributed by atoms with Gasteiger partial charge in [0.2, 0.25) is 5.91 Å². The van der Waals surface area contributed by atoms with E-state index in [2.05, 4.69) is 4.98 Å². The Morgan fingerprint density at radius 3 is 2.71 bits per heavy atom. The lowest BCUT2D eigenvalue weighted by Gasteiger charge is -2.19. The van der Waals surface area contributed by atoms with E-state index in [0.717, 1.165) is 25.0 Å². The van der Waals surface area contributed by atoms with Crippen molar-refractivity contribution < 1.29 is 9.18 Å². The second-order valence-corrected chi connectivity index (χ2v) is 6.85. The summed E-state index contributed by atoms with van der Waals surface area (Å²) in [4.78, 5) is 29.3. The van der Waals surface area contributed by atoms with E-state index in [4.69, 9.17) is 11.5 Å². The number of nitrogens with two attached hydrogens (primary N) is 2. The summed E-state index contributed by atoms with van der Waals surface area (Å²) >= 11 is 0. The third kappa shape index (κ3) is 2.92. The highest BCUT2D eigenvalue weighted by molar-refractivity contribution is 5.93. The third-order valence-electron chi connectivity index (χ3n) is 4.90. The van der Waals surface area contributed by atoms with E-state index in [1.54, 1.807) is 12.1 Å². The summed E-state index contributed by atoms with van der Waals surface area (Å²) in [5.74, 6) is -0.917. The van der Waals surface area contributed by atoms with E-state index in [-0.39, 0.29) is 33.8 Å². The molecule has 1 heterocycles. The first-order chi connectivity index (χ1) is 13.4. The molecule has 8 heteroatoms. The summed E-state index contributed by atoms with van der Waals surface area (Å²) in [5.41, 5.74) is 11.8. The summed E-state index contributed by atoms with van der Waals surface area (Å²) in [6.07, 6.45) is 1.82. The molecule has 1 saturated carbocycles. The van der Waals surface area contributed by atoms with Crippen LogP contribution in [0.25, 0.3) is 16.6 Å². The average Bonchev–Trinajstić information content (AvgIpc) is 3.52. The van der Waals surface area contributed by atoms with Gasteiger partial charge in [0.25, 0.3) is 5.56 Å². The summed E-state index contributed by atoms with van der Waals surface area (Å²) in [7, 11) is 0. The lowest BCUT2D eigenvalue weighted by Crippen LogP contribution is -2.30. The molecule has 0 radical (unpaired) electrons. The number of primary amides is 1. The number of halogens is 1. The molecule has 0 spiro atoms. The molecular formula is C20H16FN5O2. The molecule has 0 aliphatic heterocycles. The Morgan fingerprint density at radius 1 is 1.32 bits per heavy atom. The molecule has 7 nitrogen and oxygen atoms in total. The van der Waals surface area contributed by atoms with Gasteiger partial charge in [-0.2, -0.15) is 5.26 Å². The molecule has 1 atom stereocenters. The molecule has 28 heavy (non-hydrogen) atoms. The Bertz CT molecular complexity index is 1220. The standard InChI is InChI=1S/C20H16FN5O2/c21-13-6-12(9-22)17-15(8-13)20(28)26(19(25-17)16(23)10-4-5-10)14-3-1-2-11(7-14)18(24)27/h1-3,6-8,10,16H,4-5,23H2,(H2,24,27)/t16-/m0/s1. The van der Waals surface area contributed by atoms with Crippen LogP contribution in [0.15, 0.2) is 41.2 Å². The SMILES string of the molecule is N#Cc1cc(F)cc2c(=O)n(-c3cccc(C(N)=O)c3)c([C@@H](N)C3CC3)nc12. The Kier molecular flexibility index (Phi) is 4.17. The maximum Gasteiger partial charge on any atom is 0.266 e. The van der Waals surface area contributed by atoms with E-state index in [1.807, 2.05) is 6.07 Å². The topological polar surface area (TPSA) is 128 Å². The molecule has 0 unspecified atom stereocenters. The zero-order chi connectivity index (χ0) is 20.0. The van der Waals surface area contributed by atoms with Gasteiger partial charge in [-0.1, -0.05) is 6.07 Å². The van der Waals surface area contributed by atoms with Crippen LogP contribution in [-0.2, 0) is 0 Å². The average molecular weight is 377 g/mol.